The molecule has 30 heavy (non-hydrogen) atoms. The van der Waals surface area contributed by atoms with Crippen LogP contribution in [0.1, 0.15) is 12.0 Å². The van der Waals surface area contributed by atoms with E-state index in [0.717, 1.165) is 6.07 Å². The molecule has 3 N–H and O–H groups in total. The van der Waals surface area contributed by atoms with Gasteiger partial charge in [-0.15, -0.1) is 10.2 Å². The Morgan fingerprint density at radius 2 is 1.87 bits per heavy atom. The molecule has 4 rings (SSSR count). The summed E-state index contributed by atoms with van der Waals surface area (Å²) in [5, 5.41) is 32.1. The van der Waals surface area contributed by atoms with Crippen LogP contribution in [0, 0.1) is 0 Å². The van der Waals surface area contributed by atoms with Crippen LogP contribution in [0.2, 0.25) is 0 Å². The molecular formula is C20H17F3N4O3. The highest BCUT2D eigenvalue weighted by Gasteiger charge is 2.31. The summed E-state index contributed by atoms with van der Waals surface area (Å²) >= 11 is 0. The van der Waals surface area contributed by atoms with E-state index in [-0.39, 0.29) is 17.3 Å². The van der Waals surface area contributed by atoms with Crippen molar-refractivity contribution < 1.29 is 28.2 Å². The maximum absolute atomic E-state index is 12.9. The molecule has 0 bridgehead atoms. The number of phenols is 1. The van der Waals surface area contributed by atoms with Crippen molar-refractivity contribution in [1.29, 1.82) is 0 Å². The van der Waals surface area contributed by atoms with Gasteiger partial charge in [-0.2, -0.15) is 13.2 Å². The van der Waals surface area contributed by atoms with Crippen molar-refractivity contribution in [3.8, 4) is 17.0 Å². The Kier molecular flexibility index (Phi) is 4.84. The van der Waals surface area contributed by atoms with Crippen molar-refractivity contribution in [3.05, 3.63) is 48.0 Å². The van der Waals surface area contributed by atoms with Crippen LogP contribution in [0.25, 0.3) is 22.0 Å². The average molecular weight is 418 g/mol. The predicted octanol–water partition coefficient (Wildman–Crippen LogP) is 4.19. The number of benzene rings is 2. The second-order valence-electron chi connectivity index (χ2n) is 7.03. The first-order valence-electron chi connectivity index (χ1n) is 9.14. The smallest absolute Gasteiger partial charge is 0.416 e. The predicted molar refractivity (Wildman–Crippen MR) is 103 cm³/mol. The minimum absolute atomic E-state index is 0.135. The lowest BCUT2D eigenvalue weighted by Crippen LogP contribution is -2.30. The van der Waals surface area contributed by atoms with E-state index in [1.165, 1.54) is 11.0 Å². The number of rotatable bonds is 3. The van der Waals surface area contributed by atoms with Crippen molar-refractivity contribution in [1.82, 2.24) is 15.1 Å². The van der Waals surface area contributed by atoms with Crippen molar-refractivity contribution in [2.24, 2.45) is 0 Å². The van der Waals surface area contributed by atoms with Gasteiger partial charge in [0.1, 0.15) is 11.4 Å². The minimum Gasteiger partial charge on any atom is -0.507 e. The number of alkyl halides is 3. The summed E-state index contributed by atoms with van der Waals surface area (Å²) in [7, 11) is 0. The maximum atomic E-state index is 12.9. The van der Waals surface area contributed by atoms with Crippen LogP contribution in [0.5, 0.6) is 5.75 Å². The molecule has 1 fully saturated rings. The summed E-state index contributed by atoms with van der Waals surface area (Å²) in [5.41, 5.74) is -0.569. The van der Waals surface area contributed by atoms with Gasteiger partial charge in [-0.3, -0.25) is 0 Å². The Labute approximate surface area is 168 Å². The number of hydrogen-bond acceptors (Lipinski definition) is 5. The van der Waals surface area contributed by atoms with E-state index in [1.807, 2.05) is 0 Å². The standard InChI is InChI=1S/C20H17F3N4O3/c21-20(22,23)11-5-6-15(16(28)9-11)17-13-3-1-2-4-14(13)18(26-25-17)24-12-7-8-27(10-12)19(29)30/h1-6,9,12,28H,7-8,10H2,(H,24,26)(H,29,30). The molecule has 2 aromatic carbocycles. The summed E-state index contributed by atoms with van der Waals surface area (Å²) in [6.07, 6.45) is -4.93. The zero-order chi connectivity index (χ0) is 21.5. The van der Waals surface area contributed by atoms with Gasteiger partial charge in [-0.05, 0) is 24.6 Å². The molecule has 1 unspecified atom stereocenters. The Morgan fingerprint density at radius 1 is 1.13 bits per heavy atom. The molecule has 10 heteroatoms. The molecular weight excluding hydrogens is 401 g/mol. The number of carboxylic acid groups (broad SMARTS) is 1. The monoisotopic (exact) mass is 418 g/mol. The van der Waals surface area contributed by atoms with E-state index >= 15 is 0 Å². The lowest BCUT2D eigenvalue weighted by Gasteiger charge is -2.17. The highest BCUT2D eigenvalue weighted by Crippen LogP contribution is 2.38. The SMILES string of the molecule is O=C(O)N1CCC(Nc2nnc(-c3ccc(C(F)(F)F)cc3O)c3ccccc23)C1. The summed E-state index contributed by atoms with van der Waals surface area (Å²) in [6, 6.07) is 9.63. The van der Waals surface area contributed by atoms with Gasteiger partial charge in [0.2, 0.25) is 0 Å². The van der Waals surface area contributed by atoms with Gasteiger partial charge in [0.05, 0.1) is 5.56 Å². The van der Waals surface area contributed by atoms with Crippen molar-refractivity contribution in [2.45, 2.75) is 18.6 Å². The van der Waals surface area contributed by atoms with Gasteiger partial charge in [-0.25, -0.2) is 4.79 Å². The number of nitrogens with one attached hydrogen (secondary N) is 1. The van der Waals surface area contributed by atoms with E-state index in [4.69, 9.17) is 5.11 Å². The molecule has 0 saturated carbocycles. The third-order valence-electron chi connectivity index (χ3n) is 5.07. The van der Waals surface area contributed by atoms with Crippen molar-refractivity contribution in [2.75, 3.05) is 18.4 Å². The van der Waals surface area contributed by atoms with E-state index in [1.54, 1.807) is 24.3 Å². The van der Waals surface area contributed by atoms with Crippen LogP contribution in [-0.2, 0) is 6.18 Å². The molecule has 0 radical (unpaired) electrons. The number of anilines is 1. The van der Waals surface area contributed by atoms with Crippen LogP contribution < -0.4 is 5.32 Å². The van der Waals surface area contributed by atoms with Crippen LogP contribution in [0.15, 0.2) is 42.5 Å². The Hall–Kier alpha value is -3.56. The van der Waals surface area contributed by atoms with Crippen LogP contribution in [-0.4, -0.2) is 50.5 Å². The first-order valence-corrected chi connectivity index (χ1v) is 9.14. The topological polar surface area (TPSA) is 98.6 Å². The third-order valence-corrected chi connectivity index (χ3v) is 5.07. The molecule has 3 aromatic rings. The number of aromatic nitrogens is 2. The molecule has 0 aliphatic carbocycles. The highest BCUT2D eigenvalue weighted by molar-refractivity contribution is 6.00. The van der Waals surface area contributed by atoms with Crippen molar-refractivity contribution in [3.63, 3.8) is 0 Å². The Morgan fingerprint density at radius 3 is 2.50 bits per heavy atom. The van der Waals surface area contributed by atoms with Crippen LogP contribution >= 0.6 is 0 Å². The number of carbonyl (C=O) groups is 1. The van der Waals surface area contributed by atoms with Gasteiger partial charge < -0.3 is 20.4 Å². The molecule has 1 amide bonds. The van der Waals surface area contributed by atoms with Gasteiger partial charge in [0.15, 0.2) is 5.82 Å². The van der Waals surface area contributed by atoms with Crippen LogP contribution in [0.3, 0.4) is 0 Å². The summed E-state index contributed by atoms with van der Waals surface area (Å²) < 4.78 is 38.7. The number of halogens is 3. The molecule has 1 saturated heterocycles. The molecule has 1 atom stereocenters. The zero-order valence-corrected chi connectivity index (χ0v) is 15.5. The van der Waals surface area contributed by atoms with Gasteiger partial charge in [-0.1, -0.05) is 24.3 Å². The lowest BCUT2D eigenvalue weighted by molar-refractivity contribution is -0.137. The van der Waals surface area contributed by atoms with E-state index < -0.39 is 23.6 Å². The number of fused-ring (bicyclic) bond motifs is 1. The highest BCUT2D eigenvalue weighted by atomic mass is 19.4. The quantitative estimate of drug-likeness (QED) is 0.590. The molecule has 7 nitrogen and oxygen atoms in total. The average Bonchev–Trinajstić information content (AvgIpc) is 3.17. The number of phenolic OH excluding ortho intramolecular Hbond substituents is 1. The number of amides is 1. The van der Waals surface area contributed by atoms with Gasteiger partial charge in [0.25, 0.3) is 0 Å². The first-order chi connectivity index (χ1) is 14.2. The largest absolute Gasteiger partial charge is 0.507 e. The van der Waals surface area contributed by atoms with E-state index in [2.05, 4.69) is 15.5 Å². The first kappa shape index (κ1) is 19.7. The number of aromatic hydroxyl groups is 1. The summed E-state index contributed by atoms with van der Waals surface area (Å²) in [5.74, 6) is -0.101. The summed E-state index contributed by atoms with van der Waals surface area (Å²) in [4.78, 5) is 12.4. The second-order valence-corrected chi connectivity index (χ2v) is 7.03. The maximum Gasteiger partial charge on any atom is 0.416 e. The van der Waals surface area contributed by atoms with Gasteiger partial charge >= 0.3 is 12.3 Å². The minimum atomic E-state index is -4.57. The lowest BCUT2D eigenvalue weighted by atomic mass is 10.0. The number of likely N-dealkylation sites (tertiary alicyclic amines) is 1. The fraction of sp³-hybridized carbons (Fsp3) is 0.250. The molecule has 2 heterocycles. The van der Waals surface area contributed by atoms with E-state index in [9.17, 15) is 23.1 Å². The third kappa shape index (κ3) is 3.68. The molecule has 156 valence electrons. The van der Waals surface area contributed by atoms with Gasteiger partial charge in [0, 0.05) is 35.5 Å². The van der Waals surface area contributed by atoms with Crippen LogP contribution in [0.4, 0.5) is 23.8 Å². The molecule has 1 aliphatic heterocycles. The Balaban J connectivity index is 1.71. The van der Waals surface area contributed by atoms with Crippen molar-refractivity contribution >= 4 is 22.7 Å². The molecule has 1 aliphatic rings. The second kappa shape index (κ2) is 7.36. The fourth-order valence-corrected chi connectivity index (χ4v) is 3.56. The number of nitrogens with zero attached hydrogens (tertiary/aromatic N) is 3. The molecule has 0 spiro atoms. The zero-order valence-electron chi connectivity index (χ0n) is 15.5. The van der Waals surface area contributed by atoms with E-state index in [0.29, 0.717) is 42.2 Å². The summed E-state index contributed by atoms with van der Waals surface area (Å²) in [6.45, 7) is 0.725. The molecule has 1 aromatic heterocycles. The normalized spacial score (nSPS) is 16.8. The fourth-order valence-electron chi connectivity index (χ4n) is 3.56. The Bertz CT molecular complexity index is 1120. The number of hydrogen-bond donors (Lipinski definition) is 3.